The summed E-state index contributed by atoms with van der Waals surface area (Å²) in [5.41, 5.74) is 1.87. The van der Waals surface area contributed by atoms with Gasteiger partial charge in [-0.15, -0.1) is 0 Å². The average Bonchev–Trinajstić information content (AvgIpc) is 2.82. The molecule has 1 unspecified atom stereocenters. The molecule has 0 saturated heterocycles. The van der Waals surface area contributed by atoms with Gasteiger partial charge in [0, 0.05) is 24.3 Å². The van der Waals surface area contributed by atoms with E-state index in [9.17, 15) is 9.59 Å². The minimum Gasteiger partial charge on any atom is -0.469 e. The molecule has 6 nitrogen and oxygen atoms in total. The summed E-state index contributed by atoms with van der Waals surface area (Å²) in [5.74, 6) is 0.382. The number of carbonyl (C=O) groups excluding carboxylic acids is 2. The van der Waals surface area contributed by atoms with Crippen molar-refractivity contribution in [2.45, 2.75) is 51.9 Å². The Morgan fingerprint density at radius 2 is 1.71 bits per heavy atom. The molecule has 0 aromatic carbocycles. The van der Waals surface area contributed by atoms with Gasteiger partial charge < -0.3 is 14.0 Å². The average molecular weight is 297 g/mol. The van der Waals surface area contributed by atoms with Crippen LogP contribution in [0, 0.1) is 13.8 Å². The van der Waals surface area contributed by atoms with Crippen LogP contribution in [0.2, 0.25) is 0 Å². The molecular weight excluding hydrogens is 274 g/mol. The Morgan fingerprint density at radius 1 is 1.10 bits per heavy atom. The Hall–Kier alpha value is -1.85. The van der Waals surface area contributed by atoms with Crippen molar-refractivity contribution in [3.63, 3.8) is 0 Å². The van der Waals surface area contributed by atoms with Crippen molar-refractivity contribution < 1.29 is 23.6 Å². The molecule has 0 spiro atoms. The molecule has 0 amide bonds. The number of aromatic nitrogens is 1. The molecule has 0 aliphatic carbocycles. The molecule has 1 atom stereocenters. The molecule has 0 N–H and O–H groups in total. The maximum Gasteiger partial charge on any atom is 0.305 e. The third-order valence-corrected chi connectivity index (χ3v) is 3.67. The molecule has 0 bridgehead atoms. The highest BCUT2D eigenvalue weighted by molar-refractivity contribution is 5.69. The molecule has 1 aromatic rings. The third kappa shape index (κ3) is 5.21. The second-order valence-corrected chi connectivity index (χ2v) is 5.03. The van der Waals surface area contributed by atoms with Gasteiger partial charge in [-0.25, -0.2) is 0 Å². The first-order valence-corrected chi connectivity index (χ1v) is 7.06. The predicted octanol–water partition coefficient (Wildman–Crippen LogP) is 2.67. The van der Waals surface area contributed by atoms with E-state index in [4.69, 9.17) is 4.52 Å². The van der Waals surface area contributed by atoms with Gasteiger partial charge in [-0.1, -0.05) is 5.16 Å². The van der Waals surface area contributed by atoms with Gasteiger partial charge in [-0.05, 0) is 33.1 Å². The van der Waals surface area contributed by atoms with Crippen LogP contribution in [0.1, 0.15) is 55.0 Å². The van der Waals surface area contributed by atoms with Crippen LogP contribution in [0.25, 0.3) is 0 Å². The largest absolute Gasteiger partial charge is 0.469 e. The Labute approximate surface area is 124 Å². The fourth-order valence-electron chi connectivity index (χ4n) is 2.22. The molecule has 6 heteroatoms. The molecule has 0 aliphatic rings. The topological polar surface area (TPSA) is 78.6 Å². The van der Waals surface area contributed by atoms with E-state index in [0.717, 1.165) is 23.4 Å². The highest BCUT2D eigenvalue weighted by Crippen LogP contribution is 2.30. The molecule has 1 rings (SSSR count). The lowest BCUT2D eigenvalue weighted by molar-refractivity contribution is -0.142. The summed E-state index contributed by atoms with van der Waals surface area (Å²) in [6.07, 6.45) is 2.75. The predicted molar refractivity (Wildman–Crippen MR) is 75.8 cm³/mol. The van der Waals surface area contributed by atoms with E-state index >= 15 is 0 Å². The first-order chi connectivity index (χ1) is 9.99. The summed E-state index contributed by atoms with van der Waals surface area (Å²) in [7, 11) is 2.75. The standard InChI is InChI=1S/C15H23NO5/c1-10-11(2)21-16-15(10)12(8-9-14(18)20-4)6-5-7-13(17)19-3/h12H,5-9H2,1-4H3. The summed E-state index contributed by atoms with van der Waals surface area (Å²) in [6, 6.07) is 0. The molecule has 0 aliphatic heterocycles. The van der Waals surface area contributed by atoms with Gasteiger partial charge in [0.25, 0.3) is 0 Å². The second-order valence-electron chi connectivity index (χ2n) is 5.03. The number of hydrogen-bond donors (Lipinski definition) is 0. The van der Waals surface area contributed by atoms with Gasteiger partial charge >= 0.3 is 11.9 Å². The number of aryl methyl sites for hydroxylation is 1. The summed E-state index contributed by atoms with van der Waals surface area (Å²) in [5, 5.41) is 4.09. The van der Waals surface area contributed by atoms with Crippen LogP contribution in [0.3, 0.4) is 0 Å². The zero-order chi connectivity index (χ0) is 15.8. The van der Waals surface area contributed by atoms with Crippen molar-refractivity contribution >= 4 is 11.9 Å². The highest BCUT2D eigenvalue weighted by atomic mass is 16.5. The van der Waals surface area contributed by atoms with E-state index in [1.54, 1.807) is 0 Å². The van der Waals surface area contributed by atoms with E-state index < -0.39 is 0 Å². The SMILES string of the molecule is COC(=O)CCCC(CCC(=O)OC)c1noc(C)c1C. The quantitative estimate of drug-likeness (QED) is 0.686. The number of ether oxygens (including phenoxy) is 2. The molecule has 118 valence electrons. The molecule has 21 heavy (non-hydrogen) atoms. The van der Waals surface area contributed by atoms with E-state index in [1.165, 1.54) is 14.2 Å². The zero-order valence-corrected chi connectivity index (χ0v) is 13.1. The summed E-state index contributed by atoms with van der Waals surface area (Å²) in [4.78, 5) is 22.5. The highest BCUT2D eigenvalue weighted by Gasteiger charge is 2.21. The van der Waals surface area contributed by atoms with Crippen LogP contribution >= 0.6 is 0 Å². The first kappa shape index (κ1) is 17.2. The lowest BCUT2D eigenvalue weighted by atomic mass is 9.91. The minimum absolute atomic E-state index is 0.0752. The lowest BCUT2D eigenvalue weighted by Crippen LogP contribution is -2.08. The van der Waals surface area contributed by atoms with Gasteiger partial charge in [0.2, 0.25) is 0 Å². The van der Waals surface area contributed by atoms with Crippen LogP contribution in [-0.2, 0) is 19.1 Å². The van der Waals surface area contributed by atoms with Crippen LogP contribution in [0.5, 0.6) is 0 Å². The van der Waals surface area contributed by atoms with Gasteiger partial charge in [-0.3, -0.25) is 9.59 Å². The van der Waals surface area contributed by atoms with Crippen molar-refractivity contribution in [3.8, 4) is 0 Å². The van der Waals surface area contributed by atoms with Gasteiger partial charge in [0.1, 0.15) is 5.76 Å². The van der Waals surface area contributed by atoms with Crippen LogP contribution < -0.4 is 0 Å². The lowest BCUT2D eigenvalue weighted by Gasteiger charge is -2.14. The Morgan fingerprint density at radius 3 is 2.24 bits per heavy atom. The molecule has 1 aromatic heterocycles. The fraction of sp³-hybridized carbons (Fsp3) is 0.667. The monoisotopic (exact) mass is 297 g/mol. The maximum atomic E-state index is 11.3. The number of methoxy groups -OCH3 is 2. The molecule has 0 saturated carbocycles. The number of nitrogens with zero attached hydrogens (tertiary/aromatic N) is 1. The van der Waals surface area contributed by atoms with Crippen LogP contribution in [-0.4, -0.2) is 31.3 Å². The molecule has 0 fully saturated rings. The minimum atomic E-state index is -0.245. The van der Waals surface area contributed by atoms with Crippen molar-refractivity contribution in [2.75, 3.05) is 14.2 Å². The molecule has 0 radical (unpaired) electrons. The number of rotatable bonds is 8. The Kier molecular flexibility index (Phi) is 6.91. The number of hydrogen-bond acceptors (Lipinski definition) is 6. The summed E-state index contributed by atoms with van der Waals surface area (Å²) < 4.78 is 14.5. The van der Waals surface area contributed by atoms with E-state index in [-0.39, 0.29) is 17.9 Å². The number of carbonyl (C=O) groups is 2. The van der Waals surface area contributed by atoms with Gasteiger partial charge in [0.05, 0.1) is 19.9 Å². The first-order valence-electron chi connectivity index (χ1n) is 7.06. The van der Waals surface area contributed by atoms with Crippen molar-refractivity contribution in [1.29, 1.82) is 0 Å². The fourth-order valence-corrected chi connectivity index (χ4v) is 2.22. The van der Waals surface area contributed by atoms with Crippen LogP contribution in [0.15, 0.2) is 4.52 Å². The van der Waals surface area contributed by atoms with Crippen molar-refractivity contribution in [2.24, 2.45) is 0 Å². The second kappa shape index (κ2) is 8.44. The normalized spacial score (nSPS) is 12.0. The summed E-state index contributed by atoms with van der Waals surface area (Å²) >= 11 is 0. The van der Waals surface area contributed by atoms with Crippen molar-refractivity contribution in [1.82, 2.24) is 5.16 Å². The number of esters is 2. The van der Waals surface area contributed by atoms with Gasteiger partial charge in [-0.2, -0.15) is 0 Å². The maximum absolute atomic E-state index is 11.3. The van der Waals surface area contributed by atoms with Gasteiger partial charge in [0.15, 0.2) is 0 Å². The molecule has 1 heterocycles. The van der Waals surface area contributed by atoms with E-state index in [0.29, 0.717) is 25.7 Å². The smallest absolute Gasteiger partial charge is 0.305 e. The van der Waals surface area contributed by atoms with E-state index in [1.807, 2.05) is 13.8 Å². The molecular formula is C15H23NO5. The third-order valence-electron chi connectivity index (χ3n) is 3.67. The van der Waals surface area contributed by atoms with Crippen molar-refractivity contribution in [3.05, 3.63) is 17.0 Å². The van der Waals surface area contributed by atoms with E-state index in [2.05, 4.69) is 14.6 Å². The van der Waals surface area contributed by atoms with Crippen LogP contribution in [0.4, 0.5) is 0 Å². The Bertz CT molecular complexity index is 480. The zero-order valence-electron chi connectivity index (χ0n) is 13.1. The summed E-state index contributed by atoms with van der Waals surface area (Å²) in [6.45, 7) is 3.81. The Balaban J connectivity index is 2.68.